The van der Waals surface area contributed by atoms with Crippen LogP contribution in [0.2, 0.25) is 0 Å². The van der Waals surface area contributed by atoms with Gasteiger partial charge >= 0.3 is 0 Å². The Morgan fingerprint density at radius 1 is 1.21 bits per heavy atom. The van der Waals surface area contributed by atoms with Crippen molar-refractivity contribution >= 4 is 21.2 Å². The standard InChI is InChI=1S/C14H17NO2S2/c1-11(15-10-13-4-3-9-18-13)12-5-7-14(8-6-12)19(2,16)17/h3-9,11,15H,10H2,1-2H3. The number of rotatable bonds is 5. The molecule has 3 nitrogen and oxygen atoms in total. The Kier molecular flexibility index (Phi) is 4.39. The predicted octanol–water partition coefficient (Wildman–Crippen LogP) is 3.00. The summed E-state index contributed by atoms with van der Waals surface area (Å²) in [5, 5.41) is 5.48. The van der Waals surface area contributed by atoms with Gasteiger partial charge in [0.25, 0.3) is 0 Å². The first kappa shape index (κ1) is 14.2. The van der Waals surface area contributed by atoms with Crippen LogP contribution in [0.3, 0.4) is 0 Å². The van der Waals surface area contributed by atoms with Crippen molar-refractivity contribution in [2.45, 2.75) is 24.4 Å². The van der Waals surface area contributed by atoms with Gasteiger partial charge in [-0.25, -0.2) is 8.42 Å². The third-order valence-electron chi connectivity index (χ3n) is 2.97. The Balaban J connectivity index is 2.01. The van der Waals surface area contributed by atoms with Gasteiger partial charge in [-0.15, -0.1) is 11.3 Å². The molecule has 0 bridgehead atoms. The van der Waals surface area contributed by atoms with Crippen molar-refractivity contribution < 1.29 is 8.42 Å². The second-order valence-electron chi connectivity index (χ2n) is 4.52. The Labute approximate surface area is 118 Å². The van der Waals surface area contributed by atoms with Crippen molar-refractivity contribution in [1.82, 2.24) is 5.32 Å². The van der Waals surface area contributed by atoms with Crippen LogP contribution in [0.15, 0.2) is 46.7 Å². The van der Waals surface area contributed by atoms with E-state index in [1.165, 1.54) is 11.1 Å². The van der Waals surface area contributed by atoms with Gasteiger partial charge in [-0.2, -0.15) is 0 Å². The minimum absolute atomic E-state index is 0.190. The van der Waals surface area contributed by atoms with Gasteiger partial charge in [-0.1, -0.05) is 18.2 Å². The smallest absolute Gasteiger partial charge is 0.175 e. The number of hydrogen-bond donors (Lipinski definition) is 1. The van der Waals surface area contributed by atoms with E-state index in [1.54, 1.807) is 23.5 Å². The third-order valence-corrected chi connectivity index (χ3v) is 4.98. The van der Waals surface area contributed by atoms with Crippen LogP contribution in [-0.2, 0) is 16.4 Å². The Bertz CT molecular complexity index is 616. The lowest BCUT2D eigenvalue weighted by Crippen LogP contribution is -2.17. The van der Waals surface area contributed by atoms with Gasteiger partial charge in [0.05, 0.1) is 4.90 Å². The molecule has 1 aromatic heterocycles. The molecule has 0 fully saturated rings. The number of benzene rings is 1. The molecule has 1 unspecified atom stereocenters. The van der Waals surface area contributed by atoms with Crippen molar-refractivity contribution in [3.05, 3.63) is 52.2 Å². The molecule has 5 heteroatoms. The predicted molar refractivity (Wildman–Crippen MR) is 79.1 cm³/mol. The third kappa shape index (κ3) is 3.89. The van der Waals surface area contributed by atoms with E-state index in [4.69, 9.17) is 0 Å². The molecule has 2 aromatic rings. The summed E-state index contributed by atoms with van der Waals surface area (Å²) in [6, 6.07) is 11.4. The number of sulfone groups is 1. The highest BCUT2D eigenvalue weighted by Crippen LogP contribution is 2.17. The van der Waals surface area contributed by atoms with E-state index in [1.807, 2.05) is 18.2 Å². The summed E-state index contributed by atoms with van der Waals surface area (Å²) in [6.45, 7) is 2.90. The minimum Gasteiger partial charge on any atom is -0.305 e. The van der Waals surface area contributed by atoms with Crippen molar-refractivity contribution in [1.29, 1.82) is 0 Å². The summed E-state index contributed by atoms with van der Waals surface area (Å²) in [7, 11) is -3.11. The van der Waals surface area contributed by atoms with Gasteiger partial charge in [0.1, 0.15) is 0 Å². The van der Waals surface area contributed by atoms with Gasteiger partial charge in [0.2, 0.25) is 0 Å². The topological polar surface area (TPSA) is 46.2 Å². The van der Waals surface area contributed by atoms with Crippen LogP contribution >= 0.6 is 11.3 Å². The molecule has 2 rings (SSSR count). The summed E-state index contributed by atoms with van der Waals surface area (Å²) < 4.78 is 22.8. The van der Waals surface area contributed by atoms with Crippen molar-refractivity contribution in [3.8, 4) is 0 Å². The molecule has 0 spiro atoms. The zero-order valence-electron chi connectivity index (χ0n) is 11.0. The van der Waals surface area contributed by atoms with Crippen molar-refractivity contribution in [2.24, 2.45) is 0 Å². The molecule has 0 saturated heterocycles. The molecule has 0 aliphatic rings. The van der Waals surface area contributed by atoms with Gasteiger partial charge in [0, 0.05) is 23.7 Å². The Hall–Kier alpha value is -1.17. The van der Waals surface area contributed by atoms with E-state index >= 15 is 0 Å². The van der Waals surface area contributed by atoms with Crippen LogP contribution < -0.4 is 5.32 Å². The number of thiophene rings is 1. The molecule has 1 heterocycles. The lowest BCUT2D eigenvalue weighted by atomic mass is 10.1. The van der Waals surface area contributed by atoms with Gasteiger partial charge in [-0.05, 0) is 36.1 Å². The van der Waals surface area contributed by atoms with Crippen LogP contribution in [0.25, 0.3) is 0 Å². The average molecular weight is 295 g/mol. The first-order chi connectivity index (χ1) is 8.97. The Morgan fingerprint density at radius 2 is 1.89 bits per heavy atom. The van der Waals surface area contributed by atoms with Gasteiger partial charge in [0.15, 0.2) is 9.84 Å². The molecule has 1 aromatic carbocycles. The van der Waals surface area contributed by atoms with Crippen molar-refractivity contribution in [3.63, 3.8) is 0 Å². The zero-order chi connectivity index (χ0) is 13.9. The molecule has 0 amide bonds. The summed E-state index contributed by atoms with van der Waals surface area (Å²) in [6.07, 6.45) is 1.22. The monoisotopic (exact) mass is 295 g/mol. The largest absolute Gasteiger partial charge is 0.305 e. The van der Waals surface area contributed by atoms with E-state index in [-0.39, 0.29) is 6.04 Å². The molecule has 1 N–H and O–H groups in total. The molecule has 0 aliphatic heterocycles. The maximum Gasteiger partial charge on any atom is 0.175 e. The second kappa shape index (κ2) is 5.86. The minimum atomic E-state index is -3.11. The lowest BCUT2D eigenvalue weighted by Gasteiger charge is -2.14. The fraction of sp³-hybridized carbons (Fsp3) is 0.286. The molecule has 0 radical (unpaired) electrons. The molecule has 0 saturated carbocycles. The highest BCUT2D eigenvalue weighted by atomic mass is 32.2. The highest BCUT2D eigenvalue weighted by Gasteiger charge is 2.09. The van der Waals surface area contributed by atoms with Crippen LogP contribution in [0, 0.1) is 0 Å². The fourth-order valence-electron chi connectivity index (χ4n) is 1.79. The molecular formula is C14H17NO2S2. The van der Waals surface area contributed by atoms with E-state index in [2.05, 4.69) is 23.7 Å². The maximum absolute atomic E-state index is 11.4. The number of hydrogen-bond acceptors (Lipinski definition) is 4. The van der Waals surface area contributed by atoms with E-state index in [0.29, 0.717) is 4.90 Å². The summed E-state index contributed by atoms with van der Waals surface area (Å²) in [4.78, 5) is 1.65. The summed E-state index contributed by atoms with van der Waals surface area (Å²) in [5.41, 5.74) is 1.09. The first-order valence-corrected chi connectivity index (χ1v) is 8.80. The van der Waals surface area contributed by atoms with Gasteiger partial charge < -0.3 is 5.32 Å². The van der Waals surface area contributed by atoms with E-state index in [0.717, 1.165) is 12.1 Å². The zero-order valence-corrected chi connectivity index (χ0v) is 12.6. The SMILES string of the molecule is CC(NCc1cccs1)c1ccc(S(C)(=O)=O)cc1. The second-order valence-corrected chi connectivity index (χ2v) is 7.57. The molecular weight excluding hydrogens is 278 g/mol. The Morgan fingerprint density at radius 3 is 2.42 bits per heavy atom. The van der Waals surface area contributed by atoms with Crippen LogP contribution in [0.1, 0.15) is 23.4 Å². The molecule has 1 atom stereocenters. The summed E-state index contributed by atoms with van der Waals surface area (Å²) in [5.74, 6) is 0. The molecule has 102 valence electrons. The van der Waals surface area contributed by atoms with E-state index < -0.39 is 9.84 Å². The van der Waals surface area contributed by atoms with Crippen molar-refractivity contribution in [2.75, 3.05) is 6.26 Å². The highest BCUT2D eigenvalue weighted by molar-refractivity contribution is 7.90. The quantitative estimate of drug-likeness (QED) is 0.922. The van der Waals surface area contributed by atoms with Crippen LogP contribution in [-0.4, -0.2) is 14.7 Å². The fourth-order valence-corrected chi connectivity index (χ4v) is 3.07. The molecule has 19 heavy (non-hydrogen) atoms. The van der Waals surface area contributed by atoms with Crippen LogP contribution in [0.5, 0.6) is 0 Å². The first-order valence-electron chi connectivity index (χ1n) is 6.02. The van der Waals surface area contributed by atoms with Crippen LogP contribution in [0.4, 0.5) is 0 Å². The average Bonchev–Trinajstić information content (AvgIpc) is 2.88. The van der Waals surface area contributed by atoms with Gasteiger partial charge in [-0.3, -0.25) is 0 Å². The molecule has 0 aliphatic carbocycles. The lowest BCUT2D eigenvalue weighted by molar-refractivity contribution is 0.578. The summed E-state index contributed by atoms with van der Waals surface area (Å²) >= 11 is 1.72. The van der Waals surface area contributed by atoms with E-state index in [9.17, 15) is 8.42 Å². The normalized spacial score (nSPS) is 13.4. The number of nitrogens with one attached hydrogen (secondary N) is 1. The maximum atomic E-state index is 11.4.